The van der Waals surface area contributed by atoms with Crippen LogP contribution < -0.4 is 0 Å². The number of nitrogens with one attached hydrogen (secondary N) is 1. The maximum atomic E-state index is 5.13. The number of aromatic nitrogens is 2. The lowest BCUT2D eigenvalue weighted by Gasteiger charge is -2.01. The van der Waals surface area contributed by atoms with Crippen LogP contribution in [0.15, 0.2) is 18.2 Å². The minimum atomic E-state index is 0.659. The van der Waals surface area contributed by atoms with Crippen molar-refractivity contribution >= 4 is 23.6 Å². The summed E-state index contributed by atoms with van der Waals surface area (Å²) in [6, 6.07) is 6.14. The number of rotatable bonds is 2. The number of aromatic amines is 1. The van der Waals surface area contributed by atoms with Crippen LogP contribution in [0.3, 0.4) is 0 Å². The Balaban J connectivity index is 2.53. The van der Waals surface area contributed by atoms with Gasteiger partial charge in [0.25, 0.3) is 0 Å². The SMILES string of the molecule is CCc1nc(=S)cc(-c2ccc(C)s2)[nH]1. The quantitative estimate of drug-likeness (QED) is 0.805. The van der Waals surface area contributed by atoms with Crippen molar-refractivity contribution in [1.29, 1.82) is 0 Å². The summed E-state index contributed by atoms with van der Waals surface area (Å²) in [7, 11) is 0. The van der Waals surface area contributed by atoms with Gasteiger partial charge >= 0.3 is 0 Å². The van der Waals surface area contributed by atoms with E-state index in [2.05, 4.69) is 35.9 Å². The van der Waals surface area contributed by atoms with Gasteiger partial charge in [-0.05, 0) is 25.1 Å². The first-order chi connectivity index (χ1) is 7.19. The van der Waals surface area contributed by atoms with Crippen LogP contribution in [0, 0.1) is 11.6 Å². The zero-order valence-electron chi connectivity index (χ0n) is 8.70. The van der Waals surface area contributed by atoms with E-state index < -0.39 is 0 Å². The largest absolute Gasteiger partial charge is 0.342 e. The number of H-pyrrole nitrogens is 1. The van der Waals surface area contributed by atoms with Crippen LogP contribution in [0.5, 0.6) is 0 Å². The molecular formula is C11H12N2S2. The van der Waals surface area contributed by atoms with E-state index in [0.717, 1.165) is 17.9 Å². The molecule has 0 bridgehead atoms. The van der Waals surface area contributed by atoms with Crippen molar-refractivity contribution in [3.05, 3.63) is 33.5 Å². The molecule has 1 N–H and O–H groups in total. The maximum absolute atomic E-state index is 5.13. The highest BCUT2D eigenvalue weighted by atomic mass is 32.1. The van der Waals surface area contributed by atoms with E-state index >= 15 is 0 Å². The zero-order valence-corrected chi connectivity index (χ0v) is 10.3. The molecule has 0 spiro atoms. The van der Waals surface area contributed by atoms with Crippen molar-refractivity contribution in [2.45, 2.75) is 20.3 Å². The molecule has 15 heavy (non-hydrogen) atoms. The summed E-state index contributed by atoms with van der Waals surface area (Å²) in [6.07, 6.45) is 0.877. The minimum Gasteiger partial charge on any atom is -0.342 e. The maximum Gasteiger partial charge on any atom is 0.130 e. The molecule has 0 amide bonds. The van der Waals surface area contributed by atoms with Crippen LogP contribution >= 0.6 is 23.6 Å². The molecule has 4 heteroatoms. The second kappa shape index (κ2) is 4.24. The van der Waals surface area contributed by atoms with Crippen LogP contribution in [-0.4, -0.2) is 9.97 Å². The Hall–Kier alpha value is -1.00. The predicted octanol–water partition coefficient (Wildman–Crippen LogP) is 3.74. The van der Waals surface area contributed by atoms with Crippen LogP contribution in [-0.2, 0) is 6.42 Å². The van der Waals surface area contributed by atoms with Crippen LogP contribution in [0.25, 0.3) is 10.6 Å². The Labute approximate surface area is 98.0 Å². The number of aryl methyl sites for hydroxylation is 2. The van der Waals surface area contributed by atoms with Gasteiger partial charge in [-0.1, -0.05) is 19.1 Å². The standard InChI is InChI=1S/C11H12N2S2/c1-3-10-12-8(6-11(14)13-10)9-5-4-7(2)15-9/h4-6H,3H2,1-2H3,(H,12,13,14). The monoisotopic (exact) mass is 236 g/mol. The topological polar surface area (TPSA) is 28.7 Å². The van der Waals surface area contributed by atoms with Gasteiger partial charge in [-0.25, -0.2) is 4.98 Å². The average molecular weight is 236 g/mol. The Morgan fingerprint density at radius 2 is 2.27 bits per heavy atom. The lowest BCUT2D eigenvalue weighted by atomic mass is 10.3. The highest BCUT2D eigenvalue weighted by Crippen LogP contribution is 2.25. The van der Waals surface area contributed by atoms with Gasteiger partial charge in [0, 0.05) is 11.3 Å². The lowest BCUT2D eigenvalue weighted by Crippen LogP contribution is -1.94. The lowest BCUT2D eigenvalue weighted by molar-refractivity contribution is 0.937. The van der Waals surface area contributed by atoms with Gasteiger partial charge < -0.3 is 4.98 Å². The van der Waals surface area contributed by atoms with Crippen molar-refractivity contribution in [3.63, 3.8) is 0 Å². The number of hydrogen-bond acceptors (Lipinski definition) is 3. The Bertz CT molecular complexity index is 525. The van der Waals surface area contributed by atoms with Gasteiger partial charge in [0.1, 0.15) is 10.5 Å². The molecule has 0 aliphatic rings. The normalized spacial score (nSPS) is 10.5. The average Bonchev–Trinajstić information content (AvgIpc) is 2.64. The van der Waals surface area contributed by atoms with Gasteiger partial charge in [-0.2, -0.15) is 0 Å². The van der Waals surface area contributed by atoms with Crippen LogP contribution in [0.4, 0.5) is 0 Å². The summed E-state index contributed by atoms with van der Waals surface area (Å²) in [5, 5.41) is 0. The second-order valence-corrected chi connectivity index (χ2v) is 5.05. The predicted molar refractivity (Wildman–Crippen MR) is 66.8 cm³/mol. The molecule has 0 aliphatic carbocycles. The van der Waals surface area contributed by atoms with Gasteiger partial charge in [-0.15, -0.1) is 11.3 Å². The molecule has 0 radical (unpaired) electrons. The van der Waals surface area contributed by atoms with E-state index in [-0.39, 0.29) is 0 Å². The summed E-state index contributed by atoms with van der Waals surface area (Å²) in [4.78, 5) is 10.1. The van der Waals surface area contributed by atoms with Crippen LogP contribution in [0.1, 0.15) is 17.6 Å². The summed E-state index contributed by atoms with van der Waals surface area (Å²) < 4.78 is 0.659. The molecule has 0 fully saturated rings. The Kier molecular flexibility index (Phi) is 2.98. The van der Waals surface area contributed by atoms with E-state index in [1.807, 2.05) is 6.07 Å². The summed E-state index contributed by atoms with van der Waals surface area (Å²) in [5.74, 6) is 0.948. The molecule has 0 atom stereocenters. The molecule has 0 unspecified atom stereocenters. The second-order valence-electron chi connectivity index (χ2n) is 3.34. The zero-order chi connectivity index (χ0) is 10.8. The fraction of sp³-hybridized carbons (Fsp3) is 0.273. The van der Waals surface area contributed by atoms with Gasteiger partial charge in [0.2, 0.25) is 0 Å². The van der Waals surface area contributed by atoms with Gasteiger partial charge in [0.05, 0.1) is 10.6 Å². The first-order valence-electron chi connectivity index (χ1n) is 4.86. The molecule has 0 saturated carbocycles. The molecule has 2 nitrogen and oxygen atoms in total. The third-order valence-corrected chi connectivity index (χ3v) is 3.38. The molecule has 0 aromatic carbocycles. The molecule has 2 heterocycles. The number of hydrogen-bond donors (Lipinski definition) is 1. The molecular weight excluding hydrogens is 224 g/mol. The number of thiophene rings is 1. The minimum absolute atomic E-state index is 0.659. The third-order valence-electron chi connectivity index (χ3n) is 2.13. The van der Waals surface area contributed by atoms with E-state index in [1.165, 1.54) is 9.75 Å². The Morgan fingerprint density at radius 1 is 1.47 bits per heavy atom. The van der Waals surface area contributed by atoms with Crippen molar-refractivity contribution in [2.24, 2.45) is 0 Å². The first-order valence-corrected chi connectivity index (χ1v) is 6.08. The highest BCUT2D eigenvalue weighted by Gasteiger charge is 2.02. The van der Waals surface area contributed by atoms with Crippen molar-refractivity contribution in [3.8, 4) is 10.6 Å². The highest BCUT2D eigenvalue weighted by molar-refractivity contribution is 7.71. The van der Waals surface area contributed by atoms with Crippen molar-refractivity contribution < 1.29 is 0 Å². The van der Waals surface area contributed by atoms with E-state index in [4.69, 9.17) is 12.2 Å². The molecule has 78 valence electrons. The van der Waals surface area contributed by atoms with E-state index in [9.17, 15) is 0 Å². The summed E-state index contributed by atoms with van der Waals surface area (Å²) in [6.45, 7) is 4.17. The van der Waals surface area contributed by atoms with Crippen molar-refractivity contribution in [1.82, 2.24) is 9.97 Å². The molecule has 2 aromatic rings. The summed E-state index contributed by atoms with van der Waals surface area (Å²) in [5.41, 5.74) is 1.07. The first kappa shape index (κ1) is 10.5. The van der Waals surface area contributed by atoms with Crippen LogP contribution in [0.2, 0.25) is 0 Å². The molecule has 2 aromatic heterocycles. The molecule has 0 saturated heterocycles. The molecule has 2 rings (SSSR count). The van der Waals surface area contributed by atoms with Gasteiger partial charge in [0.15, 0.2) is 0 Å². The third kappa shape index (κ3) is 2.33. The van der Waals surface area contributed by atoms with E-state index in [0.29, 0.717) is 4.64 Å². The smallest absolute Gasteiger partial charge is 0.130 e. The fourth-order valence-electron chi connectivity index (χ4n) is 1.39. The Morgan fingerprint density at radius 3 is 2.87 bits per heavy atom. The fourth-order valence-corrected chi connectivity index (χ4v) is 2.45. The van der Waals surface area contributed by atoms with E-state index in [1.54, 1.807) is 11.3 Å². The van der Waals surface area contributed by atoms with Crippen molar-refractivity contribution in [2.75, 3.05) is 0 Å². The van der Waals surface area contributed by atoms with Gasteiger partial charge in [-0.3, -0.25) is 0 Å². The summed E-state index contributed by atoms with van der Waals surface area (Å²) >= 11 is 6.90. The molecule has 0 aliphatic heterocycles. The number of nitrogens with zero attached hydrogens (tertiary/aromatic N) is 1.